The van der Waals surface area contributed by atoms with Crippen LogP contribution in [0.5, 0.6) is 0 Å². The number of rotatable bonds is 2. The highest BCUT2D eigenvalue weighted by atomic mass is 32.2. The number of benzene rings is 6. The van der Waals surface area contributed by atoms with Gasteiger partial charge < -0.3 is 0 Å². The number of aromatic nitrogens is 4. The number of nitrogens with zero attached hydrogens (tertiary/aromatic N) is 4. The van der Waals surface area contributed by atoms with Crippen molar-refractivity contribution >= 4 is 55.4 Å². The second-order valence-corrected chi connectivity index (χ2v) is 15.3. The van der Waals surface area contributed by atoms with Crippen LogP contribution in [0.4, 0.5) is 0 Å². The Hall–Kier alpha value is -6.69. The number of hydrogen-bond donors (Lipinski definition) is 0. The van der Waals surface area contributed by atoms with Gasteiger partial charge >= 0.3 is 0 Å². The Labute approximate surface area is 315 Å². The van der Waals surface area contributed by atoms with Gasteiger partial charge in [0.1, 0.15) is 0 Å². The zero-order valence-corrected chi connectivity index (χ0v) is 29.7. The van der Waals surface area contributed by atoms with Gasteiger partial charge in [-0.1, -0.05) is 121 Å². The Bertz CT molecular complexity index is 3010. The summed E-state index contributed by atoms with van der Waals surface area (Å²) in [5.41, 5.74) is 14.8. The van der Waals surface area contributed by atoms with Gasteiger partial charge in [-0.05, 0) is 81.9 Å². The molecule has 0 N–H and O–H groups in total. The van der Waals surface area contributed by atoms with E-state index in [1.807, 2.05) is 36.3 Å². The van der Waals surface area contributed by atoms with E-state index >= 15 is 0 Å². The largest absolute Gasteiger partial charge is 0.254 e. The third kappa shape index (κ3) is 4.10. The Morgan fingerprint density at radius 1 is 0.370 bits per heavy atom. The molecule has 10 aromatic rings. The molecular formula is C49H28N4S. The highest BCUT2D eigenvalue weighted by molar-refractivity contribution is 7.99. The maximum absolute atomic E-state index is 5.29. The molecule has 4 aromatic heterocycles. The molecule has 0 amide bonds. The van der Waals surface area contributed by atoms with Gasteiger partial charge in [0.05, 0.1) is 38.9 Å². The first-order chi connectivity index (χ1) is 26.7. The van der Waals surface area contributed by atoms with E-state index < -0.39 is 5.41 Å². The lowest BCUT2D eigenvalue weighted by atomic mass is 9.67. The van der Waals surface area contributed by atoms with Gasteiger partial charge in [-0.3, -0.25) is 9.97 Å². The molecule has 1 aliphatic heterocycles. The average molecular weight is 705 g/mol. The van der Waals surface area contributed by atoms with E-state index in [4.69, 9.17) is 19.9 Å². The quantitative estimate of drug-likeness (QED) is 0.168. The fourth-order valence-electron chi connectivity index (χ4n) is 8.99. The van der Waals surface area contributed by atoms with Crippen molar-refractivity contribution in [3.8, 4) is 33.6 Å². The molecule has 0 unspecified atom stereocenters. The molecule has 0 saturated heterocycles. The lowest BCUT2D eigenvalue weighted by Crippen LogP contribution is -2.32. The van der Waals surface area contributed by atoms with Crippen LogP contribution in [0.2, 0.25) is 0 Å². The Morgan fingerprint density at radius 2 is 0.815 bits per heavy atom. The van der Waals surface area contributed by atoms with Crippen LogP contribution in [0.15, 0.2) is 180 Å². The lowest BCUT2D eigenvalue weighted by Gasteiger charge is -2.39. The predicted molar refractivity (Wildman–Crippen MR) is 220 cm³/mol. The molecule has 1 spiro atoms. The van der Waals surface area contributed by atoms with Gasteiger partial charge in [0.2, 0.25) is 0 Å². The van der Waals surface area contributed by atoms with Crippen molar-refractivity contribution in [3.05, 3.63) is 192 Å². The monoisotopic (exact) mass is 704 g/mol. The molecule has 1 aliphatic carbocycles. The topological polar surface area (TPSA) is 51.6 Å². The van der Waals surface area contributed by atoms with Crippen molar-refractivity contribution in [2.24, 2.45) is 0 Å². The summed E-state index contributed by atoms with van der Waals surface area (Å²) in [6, 6.07) is 57.1. The van der Waals surface area contributed by atoms with Crippen molar-refractivity contribution < 1.29 is 0 Å². The summed E-state index contributed by atoms with van der Waals surface area (Å²) in [6.45, 7) is 0. The van der Waals surface area contributed by atoms with Gasteiger partial charge in [0.15, 0.2) is 0 Å². The second kappa shape index (κ2) is 11.2. The summed E-state index contributed by atoms with van der Waals surface area (Å²) in [5, 5.41) is 4.35. The number of pyridine rings is 4. The van der Waals surface area contributed by atoms with Crippen molar-refractivity contribution in [2.45, 2.75) is 15.2 Å². The Balaban J connectivity index is 1.12. The molecule has 0 bridgehead atoms. The summed E-state index contributed by atoms with van der Waals surface area (Å²) in [6.07, 6.45) is 3.70. The number of hydrogen-bond acceptors (Lipinski definition) is 5. The van der Waals surface area contributed by atoms with Crippen LogP contribution in [0.3, 0.4) is 0 Å². The van der Waals surface area contributed by atoms with Crippen LogP contribution < -0.4 is 0 Å². The smallest absolute Gasteiger partial charge is 0.0972 e. The molecule has 0 radical (unpaired) electrons. The van der Waals surface area contributed by atoms with Crippen LogP contribution in [0.25, 0.3) is 77.3 Å². The minimum absolute atomic E-state index is 0.550. The van der Waals surface area contributed by atoms with Gasteiger partial charge in [0.25, 0.3) is 0 Å². The Kier molecular flexibility index (Phi) is 6.17. The van der Waals surface area contributed by atoms with E-state index in [1.165, 1.54) is 43.2 Å². The molecule has 4 nitrogen and oxygen atoms in total. The number of fused-ring (bicyclic) bond motifs is 15. The Morgan fingerprint density at radius 3 is 1.31 bits per heavy atom. The third-order valence-electron chi connectivity index (χ3n) is 11.4. The molecule has 54 heavy (non-hydrogen) atoms. The summed E-state index contributed by atoms with van der Waals surface area (Å²) < 4.78 is 0. The van der Waals surface area contributed by atoms with E-state index in [9.17, 15) is 0 Å². The van der Waals surface area contributed by atoms with Crippen LogP contribution >= 0.6 is 11.8 Å². The highest BCUT2D eigenvalue weighted by Gasteiger charge is 2.50. The summed E-state index contributed by atoms with van der Waals surface area (Å²) >= 11 is 1.86. The SMILES string of the molecule is c1ccc2c(c1)Sc1ccccc1C21c2cc(-c3ccc4ccc5cccnc5c4n3)ccc2-c2ccc(-c3ccc4ccc5cccnc5c4n3)cc21. The first-order valence-corrected chi connectivity index (χ1v) is 19.0. The molecule has 5 heteroatoms. The van der Waals surface area contributed by atoms with Gasteiger partial charge in [-0.15, -0.1) is 0 Å². The fraction of sp³-hybridized carbons (Fsp3) is 0.0204. The van der Waals surface area contributed by atoms with E-state index in [2.05, 4.69) is 146 Å². The molecule has 12 rings (SSSR count). The van der Waals surface area contributed by atoms with E-state index in [1.54, 1.807) is 0 Å². The maximum atomic E-state index is 5.29. The normalized spacial score (nSPS) is 13.6. The second-order valence-electron chi connectivity index (χ2n) is 14.2. The first-order valence-electron chi connectivity index (χ1n) is 18.2. The van der Waals surface area contributed by atoms with Gasteiger partial charge in [-0.2, -0.15) is 0 Å². The van der Waals surface area contributed by atoms with Crippen molar-refractivity contribution in [1.29, 1.82) is 0 Å². The highest BCUT2D eigenvalue weighted by Crippen LogP contribution is 2.62. The molecular weight excluding hydrogens is 677 g/mol. The third-order valence-corrected chi connectivity index (χ3v) is 12.5. The van der Waals surface area contributed by atoms with Gasteiger partial charge in [-0.25, -0.2) is 9.97 Å². The van der Waals surface area contributed by atoms with Crippen LogP contribution in [0, 0.1) is 0 Å². The molecule has 5 heterocycles. The molecule has 2 aliphatic rings. The van der Waals surface area contributed by atoms with Crippen molar-refractivity contribution in [1.82, 2.24) is 19.9 Å². The maximum Gasteiger partial charge on any atom is 0.0972 e. The minimum atomic E-state index is -0.550. The molecule has 0 saturated carbocycles. The van der Waals surface area contributed by atoms with E-state index in [0.717, 1.165) is 66.1 Å². The lowest BCUT2D eigenvalue weighted by molar-refractivity contribution is 0.723. The average Bonchev–Trinajstić information content (AvgIpc) is 3.52. The standard InChI is InChI=1S/C49H28N4S/c1-3-11-43-37(9-1)49(38-10-2-4-12-44(38)54-43)39-27-33(41-23-19-31-15-13-29-7-5-25-50-45(29)47(31)52-41)17-21-35(39)36-22-18-34(28-40(36)49)42-24-20-32-16-14-30-8-6-26-51-46(30)48(32)53-42/h1-28H. The van der Waals surface area contributed by atoms with Crippen molar-refractivity contribution in [2.75, 3.05) is 0 Å². The van der Waals surface area contributed by atoms with Gasteiger partial charge in [0, 0.05) is 54.9 Å². The molecule has 250 valence electrons. The first kappa shape index (κ1) is 29.8. The fourth-order valence-corrected chi connectivity index (χ4v) is 10.2. The molecule has 0 atom stereocenters. The zero-order chi connectivity index (χ0) is 35.4. The van der Waals surface area contributed by atoms with Crippen LogP contribution in [-0.2, 0) is 5.41 Å². The molecule has 0 fully saturated rings. The van der Waals surface area contributed by atoms with Crippen LogP contribution in [-0.4, -0.2) is 19.9 Å². The summed E-state index contributed by atoms with van der Waals surface area (Å²) in [4.78, 5) is 22.6. The van der Waals surface area contributed by atoms with Crippen molar-refractivity contribution in [3.63, 3.8) is 0 Å². The molecule has 6 aromatic carbocycles. The van der Waals surface area contributed by atoms with E-state index in [0.29, 0.717) is 0 Å². The minimum Gasteiger partial charge on any atom is -0.254 e. The van der Waals surface area contributed by atoms with Crippen LogP contribution in [0.1, 0.15) is 22.3 Å². The summed E-state index contributed by atoms with van der Waals surface area (Å²) in [7, 11) is 0. The zero-order valence-electron chi connectivity index (χ0n) is 28.9. The predicted octanol–water partition coefficient (Wildman–Crippen LogP) is 12.0. The summed E-state index contributed by atoms with van der Waals surface area (Å²) in [5.74, 6) is 0. The van der Waals surface area contributed by atoms with E-state index in [-0.39, 0.29) is 0 Å².